The number of hydrogen-bond donors (Lipinski definition) is 3. The smallest absolute Gasteiger partial charge is 0.407 e. The van der Waals surface area contributed by atoms with Crippen LogP contribution in [0.1, 0.15) is 42.6 Å². The number of carboxylic acid groups (broad SMARTS) is 1. The van der Waals surface area contributed by atoms with Crippen LogP contribution in [0.4, 0.5) is 4.79 Å². The van der Waals surface area contributed by atoms with Crippen LogP contribution in [-0.4, -0.2) is 45.5 Å². The minimum Gasteiger partial charge on any atom is -0.479 e. The number of rotatable bonds is 8. The maximum absolute atomic E-state index is 13.0. The number of fused-ring (bicyclic) bond motifs is 3. The summed E-state index contributed by atoms with van der Waals surface area (Å²) in [6.07, 6.45) is 0.708. The molecule has 0 saturated carbocycles. The molecule has 4 rings (SSSR count). The number of hydrogen-bond acceptors (Lipinski definition) is 5. The van der Waals surface area contributed by atoms with Gasteiger partial charge in [-0.2, -0.15) is 5.10 Å². The predicted octanol–water partition coefficient (Wildman–Crippen LogP) is 3.23. The summed E-state index contributed by atoms with van der Waals surface area (Å²) in [6.45, 7) is 3.63. The Morgan fingerprint density at radius 1 is 1.00 bits per heavy atom. The van der Waals surface area contributed by atoms with Crippen molar-refractivity contribution in [3.05, 3.63) is 77.6 Å². The molecule has 3 aromatic rings. The van der Waals surface area contributed by atoms with Gasteiger partial charge in [0.1, 0.15) is 12.6 Å². The average molecular weight is 477 g/mol. The third-order valence-electron chi connectivity index (χ3n) is 6.25. The first-order valence-corrected chi connectivity index (χ1v) is 11.4. The fraction of sp³-hybridized carbons (Fsp3) is 0.308. The van der Waals surface area contributed by atoms with Crippen molar-refractivity contribution >= 4 is 18.0 Å². The number of benzene rings is 2. The summed E-state index contributed by atoms with van der Waals surface area (Å²) in [5.41, 5.74) is 4.72. The molecule has 2 unspecified atom stereocenters. The molecule has 2 atom stereocenters. The molecule has 9 nitrogen and oxygen atoms in total. The van der Waals surface area contributed by atoms with E-state index in [1.807, 2.05) is 36.4 Å². The number of amides is 2. The molecule has 2 amide bonds. The number of nitrogens with one attached hydrogen (secondary N) is 2. The third kappa shape index (κ3) is 4.89. The summed E-state index contributed by atoms with van der Waals surface area (Å²) in [5, 5.41) is 18.7. The summed E-state index contributed by atoms with van der Waals surface area (Å²) >= 11 is 0. The van der Waals surface area contributed by atoms with Gasteiger partial charge in [0.15, 0.2) is 6.04 Å². The largest absolute Gasteiger partial charge is 0.479 e. The molecule has 0 saturated heterocycles. The van der Waals surface area contributed by atoms with Gasteiger partial charge in [-0.1, -0.05) is 62.4 Å². The van der Waals surface area contributed by atoms with Gasteiger partial charge >= 0.3 is 12.1 Å². The summed E-state index contributed by atoms with van der Waals surface area (Å²) in [6, 6.07) is 15.2. The molecular weight excluding hydrogens is 448 g/mol. The summed E-state index contributed by atoms with van der Waals surface area (Å²) in [7, 11) is 1.59. The van der Waals surface area contributed by atoms with Crippen LogP contribution in [0.3, 0.4) is 0 Å². The maximum atomic E-state index is 13.0. The number of carbonyl (C=O) groups excluding carboxylic acids is 2. The van der Waals surface area contributed by atoms with Crippen LogP contribution >= 0.6 is 0 Å². The molecule has 0 fully saturated rings. The normalized spacial score (nSPS) is 14.1. The van der Waals surface area contributed by atoms with Gasteiger partial charge in [0.05, 0.1) is 5.69 Å². The van der Waals surface area contributed by atoms with Gasteiger partial charge in [0, 0.05) is 19.2 Å². The van der Waals surface area contributed by atoms with E-state index < -0.39 is 30.1 Å². The molecule has 2 aromatic carbocycles. The fourth-order valence-corrected chi connectivity index (χ4v) is 4.46. The van der Waals surface area contributed by atoms with E-state index in [2.05, 4.69) is 27.9 Å². The lowest BCUT2D eigenvalue weighted by Crippen LogP contribution is -2.51. The van der Waals surface area contributed by atoms with Crippen molar-refractivity contribution in [3.8, 4) is 11.1 Å². The first-order valence-electron chi connectivity index (χ1n) is 11.4. The Kier molecular flexibility index (Phi) is 6.86. The molecule has 182 valence electrons. The Morgan fingerprint density at radius 3 is 2.11 bits per heavy atom. The molecule has 0 radical (unpaired) electrons. The van der Waals surface area contributed by atoms with Crippen LogP contribution in [0, 0.1) is 5.92 Å². The Morgan fingerprint density at radius 2 is 1.60 bits per heavy atom. The molecule has 0 aliphatic heterocycles. The Balaban J connectivity index is 1.43. The molecule has 0 spiro atoms. The second-order valence-corrected chi connectivity index (χ2v) is 8.85. The topological polar surface area (TPSA) is 123 Å². The second-order valence-electron chi connectivity index (χ2n) is 8.85. The molecule has 35 heavy (non-hydrogen) atoms. The van der Waals surface area contributed by atoms with E-state index in [1.165, 1.54) is 16.9 Å². The number of ether oxygens (including phenoxy) is 1. The number of nitrogens with zero attached hydrogens (tertiary/aromatic N) is 2. The van der Waals surface area contributed by atoms with Crippen LogP contribution in [0.2, 0.25) is 0 Å². The molecule has 1 heterocycles. The quantitative estimate of drug-likeness (QED) is 0.459. The molecule has 3 N–H and O–H groups in total. The highest BCUT2D eigenvalue weighted by atomic mass is 16.5. The lowest BCUT2D eigenvalue weighted by atomic mass is 9.98. The van der Waals surface area contributed by atoms with Crippen LogP contribution in [-0.2, 0) is 21.4 Å². The van der Waals surface area contributed by atoms with E-state index in [1.54, 1.807) is 20.9 Å². The SMILES string of the molecule is CC(C)C(NC(=O)OCC1c2ccccc2-c2ccccc21)C(=O)NC(C(=O)O)c1ccnn1C. The van der Waals surface area contributed by atoms with E-state index >= 15 is 0 Å². The third-order valence-corrected chi connectivity index (χ3v) is 6.25. The first kappa shape index (κ1) is 24.0. The number of aryl methyl sites for hydroxylation is 1. The number of aliphatic carboxylic acids is 1. The monoisotopic (exact) mass is 476 g/mol. The van der Waals surface area contributed by atoms with E-state index in [4.69, 9.17) is 4.74 Å². The van der Waals surface area contributed by atoms with Crippen molar-refractivity contribution in [1.82, 2.24) is 20.4 Å². The van der Waals surface area contributed by atoms with Crippen molar-refractivity contribution < 1.29 is 24.2 Å². The van der Waals surface area contributed by atoms with Crippen molar-refractivity contribution in [2.75, 3.05) is 6.61 Å². The van der Waals surface area contributed by atoms with Crippen LogP contribution in [0.25, 0.3) is 11.1 Å². The Labute approximate surface area is 203 Å². The van der Waals surface area contributed by atoms with Crippen molar-refractivity contribution in [1.29, 1.82) is 0 Å². The van der Waals surface area contributed by atoms with E-state index in [0.29, 0.717) is 5.69 Å². The molecule has 9 heteroatoms. The van der Waals surface area contributed by atoms with Crippen molar-refractivity contribution in [2.24, 2.45) is 13.0 Å². The molecule has 1 aromatic heterocycles. The standard InChI is InChI=1S/C26H28N4O5/c1-15(2)22(24(31)28-23(25(32)33)21-12-13-27-30(21)3)29-26(34)35-14-20-18-10-6-4-8-16(18)17-9-5-7-11-19(17)20/h4-13,15,20,22-23H,14H2,1-3H3,(H,28,31)(H,29,34)(H,32,33). The van der Waals surface area contributed by atoms with Gasteiger partial charge in [0.2, 0.25) is 5.91 Å². The lowest BCUT2D eigenvalue weighted by molar-refractivity contribution is -0.142. The number of carboxylic acids is 1. The zero-order valence-electron chi connectivity index (χ0n) is 19.8. The number of alkyl carbamates (subject to hydrolysis) is 1. The minimum atomic E-state index is -1.31. The molecule has 1 aliphatic rings. The van der Waals surface area contributed by atoms with Crippen molar-refractivity contribution in [3.63, 3.8) is 0 Å². The van der Waals surface area contributed by atoms with Gasteiger partial charge in [-0.3, -0.25) is 9.48 Å². The van der Waals surface area contributed by atoms with Gasteiger partial charge in [0.25, 0.3) is 0 Å². The first-order chi connectivity index (χ1) is 16.8. The minimum absolute atomic E-state index is 0.110. The van der Waals surface area contributed by atoms with E-state index in [9.17, 15) is 19.5 Å². The zero-order valence-corrected chi connectivity index (χ0v) is 19.8. The molecule has 0 bridgehead atoms. The zero-order chi connectivity index (χ0) is 25.1. The lowest BCUT2D eigenvalue weighted by Gasteiger charge is -2.24. The highest BCUT2D eigenvalue weighted by Gasteiger charge is 2.32. The Bertz CT molecular complexity index is 1210. The van der Waals surface area contributed by atoms with Gasteiger partial charge in [-0.15, -0.1) is 0 Å². The van der Waals surface area contributed by atoms with Crippen molar-refractivity contribution in [2.45, 2.75) is 31.8 Å². The van der Waals surface area contributed by atoms with E-state index in [0.717, 1.165) is 22.3 Å². The fourth-order valence-electron chi connectivity index (χ4n) is 4.46. The maximum Gasteiger partial charge on any atom is 0.407 e. The van der Waals surface area contributed by atoms with Crippen LogP contribution in [0.5, 0.6) is 0 Å². The number of carbonyl (C=O) groups is 3. The second kappa shape index (κ2) is 10.0. The van der Waals surface area contributed by atoms with Crippen LogP contribution in [0.15, 0.2) is 60.8 Å². The highest BCUT2D eigenvalue weighted by molar-refractivity contribution is 5.89. The van der Waals surface area contributed by atoms with Gasteiger partial charge in [-0.25, -0.2) is 9.59 Å². The van der Waals surface area contributed by atoms with Gasteiger partial charge in [-0.05, 0) is 34.2 Å². The molecular formula is C26H28N4O5. The average Bonchev–Trinajstić information content (AvgIpc) is 3.40. The number of aromatic nitrogens is 2. The van der Waals surface area contributed by atoms with Gasteiger partial charge < -0.3 is 20.5 Å². The predicted molar refractivity (Wildman–Crippen MR) is 129 cm³/mol. The Hall–Kier alpha value is -4.14. The highest BCUT2D eigenvalue weighted by Crippen LogP contribution is 2.44. The van der Waals surface area contributed by atoms with E-state index in [-0.39, 0.29) is 18.4 Å². The summed E-state index contributed by atoms with van der Waals surface area (Å²) in [5.74, 6) is -2.27. The van der Waals surface area contributed by atoms with Crippen LogP contribution < -0.4 is 10.6 Å². The molecule has 1 aliphatic carbocycles. The summed E-state index contributed by atoms with van der Waals surface area (Å²) < 4.78 is 6.93. The summed E-state index contributed by atoms with van der Waals surface area (Å²) in [4.78, 5) is 37.4.